The van der Waals surface area contributed by atoms with Gasteiger partial charge < -0.3 is 4.90 Å². The maximum atomic E-state index is 12.5. The number of nitrogens with zero attached hydrogens (tertiary/aromatic N) is 2. The summed E-state index contributed by atoms with van der Waals surface area (Å²) in [5, 5.41) is 4.17. The van der Waals surface area contributed by atoms with E-state index in [0.29, 0.717) is 17.0 Å². The number of carbonyl (C=O) groups is 1. The van der Waals surface area contributed by atoms with Gasteiger partial charge in [0.1, 0.15) is 0 Å². The molecule has 0 spiro atoms. The van der Waals surface area contributed by atoms with Gasteiger partial charge in [-0.3, -0.25) is 9.52 Å². The summed E-state index contributed by atoms with van der Waals surface area (Å²) < 4.78 is 27.6. The number of amides is 1. The fraction of sp³-hybridized carbons (Fsp3) is 0.167. The molecular formula is C24H26N4O3S. The number of aryl methyl sites for hydroxylation is 1. The van der Waals surface area contributed by atoms with Crippen LogP contribution in [0.5, 0.6) is 0 Å². The van der Waals surface area contributed by atoms with E-state index < -0.39 is 10.0 Å². The van der Waals surface area contributed by atoms with Crippen LogP contribution in [0.1, 0.15) is 28.4 Å². The van der Waals surface area contributed by atoms with Crippen LogP contribution in [-0.2, 0) is 10.0 Å². The molecular weight excluding hydrogens is 424 g/mol. The number of rotatable bonds is 7. The van der Waals surface area contributed by atoms with Crippen LogP contribution in [0.25, 0.3) is 0 Å². The Morgan fingerprint density at radius 3 is 2.19 bits per heavy atom. The van der Waals surface area contributed by atoms with Crippen LogP contribution >= 0.6 is 0 Å². The van der Waals surface area contributed by atoms with Gasteiger partial charge in [0, 0.05) is 31.0 Å². The van der Waals surface area contributed by atoms with Crippen molar-refractivity contribution in [1.82, 2.24) is 5.43 Å². The van der Waals surface area contributed by atoms with Crippen molar-refractivity contribution in [2.45, 2.75) is 18.7 Å². The average molecular weight is 451 g/mol. The molecule has 2 N–H and O–H groups in total. The molecule has 0 aliphatic rings. The average Bonchev–Trinajstić information content (AvgIpc) is 2.78. The van der Waals surface area contributed by atoms with E-state index >= 15 is 0 Å². The molecule has 3 aromatic rings. The van der Waals surface area contributed by atoms with Gasteiger partial charge in [0.25, 0.3) is 15.9 Å². The van der Waals surface area contributed by atoms with Gasteiger partial charge >= 0.3 is 0 Å². The maximum Gasteiger partial charge on any atom is 0.271 e. The number of anilines is 2. The molecule has 0 bridgehead atoms. The van der Waals surface area contributed by atoms with Gasteiger partial charge in [-0.05, 0) is 61.9 Å². The summed E-state index contributed by atoms with van der Waals surface area (Å²) in [5.74, 6) is -0.310. The summed E-state index contributed by atoms with van der Waals surface area (Å²) >= 11 is 0. The van der Waals surface area contributed by atoms with E-state index in [0.717, 1.165) is 16.8 Å². The molecule has 0 fully saturated rings. The lowest BCUT2D eigenvalue weighted by molar-refractivity contribution is 0.0955. The molecule has 8 heteroatoms. The summed E-state index contributed by atoms with van der Waals surface area (Å²) in [6, 6.07) is 20.7. The van der Waals surface area contributed by atoms with E-state index in [1.54, 1.807) is 67.6 Å². The van der Waals surface area contributed by atoms with Gasteiger partial charge in [0.2, 0.25) is 0 Å². The second kappa shape index (κ2) is 9.65. The molecule has 0 aliphatic carbocycles. The highest BCUT2D eigenvalue weighted by molar-refractivity contribution is 7.92. The van der Waals surface area contributed by atoms with Crippen molar-refractivity contribution in [3.8, 4) is 0 Å². The summed E-state index contributed by atoms with van der Waals surface area (Å²) in [7, 11) is 0.147. The Kier molecular flexibility index (Phi) is 6.95. The number of benzene rings is 3. The predicted octanol–water partition coefficient (Wildman–Crippen LogP) is 4.02. The van der Waals surface area contributed by atoms with Crippen molar-refractivity contribution in [2.75, 3.05) is 23.7 Å². The first-order valence-corrected chi connectivity index (χ1v) is 11.5. The van der Waals surface area contributed by atoms with Crippen molar-refractivity contribution in [3.05, 3.63) is 89.5 Å². The molecule has 0 saturated carbocycles. The molecule has 0 unspecified atom stereocenters. The standard InChI is InChI=1S/C24H26N4O3S/c1-17-8-14-23(15-9-17)32(30,31)27-21-12-10-19(11-13-21)18(2)25-26-24(29)20-6-5-7-22(16-20)28(3)4/h5-16,27H,1-4H3,(H,26,29)/b25-18+. The van der Waals surface area contributed by atoms with E-state index in [1.165, 1.54) is 0 Å². The minimum atomic E-state index is -3.67. The van der Waals surface area contributed by atoms with Crippen molar-refractivity contribution >= 4 is 33.0 Å². The van der Waals surface area contributed by atoms with Crippen LogP contribution in [-0.4, -0.2) is 34.1 Å². The van der Waals surface area contributed by atoms with E-state index in [-0.39, 0.29) is 10.8 Å². The molecule has 0 aromatic heterocycles. The van der Waals surface area contributed by atoms with Gasteiger partial charge in [-0.25, -0.2) is 13.8 Å². The molecule has 0 heterocycles. The molecule has 0 radical (unpaired) electrons. The minimum Gasteiger partial charge on any atom is -0.378 e. The SMILES string of the molecule is C/C(=N\NC(=O)c1cccc(N(C)C)c1)c1ccc(NS(=O)(=O)c2ccc(C)cc2)cc1. The molecule has 166 valence electrons. The Bertz CT molecular complexity index is 1230. The van der Waals surface area contributed by atoms with Crippen LogP contribution in [0.3, 0.4) is 0 Å². The molecule has 0 saturated heterocycles. The molecule has 3 rings (SSSR count). The normalized spacial score (nSPS) is 11.7. The number of sulfonamides is 1. The Morgan fingerprint density at radius 1 is 0.906 bits per heavy atom. The van der Waals surface area contributed by atoms with Crippen LogP contribution in [0.15, 0.2) is 82.8 Å². The molecule has 0 aliphatic heterocycles. The summed E-state index contributed by atoms with van der Waals surface area (Å²) in [6.07, 6.45) is 0. The fourth-order valence-electron chi connectivity index (χ4n) is 2.90. The third-order valence-corrected chi connectivity index (χ3v) is 6.23. The smallest absolute Gasteiger partial charge is 0.271 e. The van der Waals surface area contributed by atoms with Crippen LogP contribution < -0.4 is 15.0 Å². The third-order valence-electron chi connectivity index (χ3n) is 4.84. The second-order valence-corrected chi connectivity index (χ2v) is 9.26. The summed E-state index contributed by atoms with van der Waals surface area (Å²) in [4.78, 5) is 14.5. The Morgan fingerprint density at radius 2 is 1.56 bits per heavy atom. The van der Waals surface area contributed by atoms with Gasteiger partial charge in [-0.15, -0.1) is 0 Å². The van der Waals surface area contributed by atoms with E-state index in [4.69, 9.17) is 0 Å². The predicted molar refractivity (Wildman–Crippen MR) is 129 cm³/mol. The first-order valence-electron chi connectivity index (χ1n) is 9.98. The molecule has 3 aromatic carbocycles. The number of carbonyl (C=O) groups excluding carboxylic acids is 1. The lowest BCUT2D eigenvalue weighted by atomic mass is 10.1. The zero-order valence-electron chi connectivity index (χ0n) is 18.5. The lowest BCUT2D eigenvalue weighted by Crippen LogP contribution is -2.20. The van der Waals surface area contributed by atoms with Crippen LogP contribution in [0.2, 0.25) is 0 Å². The van der Waals surface area contributed by atoms with E-state index in [9.17, 15) is 13.2 Å². The van der Waals surface area contributed by atoms with Crippen molar-refractivity contribution in [3.63, 3.8) is 0 Å². The van der Waals surface area contributed by atoms with Gasteiger partial charge in [0.05, 0.1) is 10.6 Å². The quantitative estimate of drug-likeness (QED) is 0.420. The number of hydrogen-bond donors (Lipinski definition) is 2. The zero-order chi connectivity index (χ0) is 23.3. The zero-order valence-corrected chi connectivity index (χ0v) is 19.3. The van der Waals surface area contributed by atoms with Crippen molar-refractivity contribution < 1.29 is 13.2 Å². The van der Waals surface area contributed by atoms with E-state index in [1.807, 2.05) is 38.1 Å². The summed E-state index contributed by atoms with van der Waals surface area (Å²) in [5.41, 5.74) is 6.76. The van der Waals surface area contributed by atoms with Crippen LogP contribution in [0, 0.1) is 6.92 Å². The highest BCUT2D eigenvalue weighted by Crippen LogP contribution is 2.18. The van der Waals surface area contributed by atoms with Gasteiger partial charge in [-0.1, -0.05) is 35.9 Å². The third kappa shape index (κ3) is 5.73. The summed E-state index contributed by atoms with van der Waals surface area (Å²) in [6.45, 7) is 3.66. The minimum absolute atomic E-state index is 0.200. The topological polar surface area (TPSA) is 90.9 Å². The maximum absolute atomic E-state index is 12.5. The van der Waals surface area contributed by atoms with Gasteiger partial charge in [-0.2, -0.15) is 5.10 Å². The molecule has 1 amide bonds. The largest absolute Gasteiger partial charge is 0.378 e. The second-order valence-electron chi connectivity index (χ2n) is 7.58. The Balaban J connectivity index is 1.67. The van der Waals surface area contributed by atoms with Crippen molar-refractivity contribution in [2.24, 2.45) is 5.10 Å². The Hall–Kier alpha value is -3.65. The van der Waals surface area contributed by atoms with E-state index in [2.05, 4.69) is 15.2 Å². The molecule has 7 nitrogen and oxygen atoms in total. The highest BCUT2D eigenvalue weighted by Gasteiger charge is 2.14. The first kappa shape index (κ1) is 23.0. The molecule has 32 heavy (non-hydrogen) atoms. The molecule has 0 atom stereocenters. The first-order chi connectivity index (χ1) is 15.2. The van der Waals surface area contributed by atoms with Crippen LogP contribution in [0.4, 0.5) is 11.4 Å². The number of hydrogen-bond acceptors (Lipinski definition) is 5. The Labute approximate surface area is 188 Å². The fourth-order valence-corrected chi connectivity index (χ4v) is 3.96. The highest BCUT2D eigenvalue weighted by atomic mass is 32.2. The lowest BCUT2D eigenvalue weighted by Gasteiger charge is -2.13. The van der Waals surface area contributed by atoms with Crippen molar-refractivity contribution in [1.29, 1.82) is 0 Å². The number of nitrogens with one attached hydrogen (secondary N) is 2. The van der Waals surface area contributed by atoms with Gasteiger partial charge in [0.15, 0.2) is 0 Å². The monoisotopic (exact) mass is 450 g/mol. The number of hydrazone groups is 1.